The molecule has 0 fully saturated rings. The van der Waals surface area contributed by atoms with E-state index in [0.717, 1.165) is 23.4 Å². The fraction of sp³-hybridized carbons (Fsp3) is 0.357. The molecule has 2 rings (SSSR count). The van der Waals surface area contributed by atoms with Gasteiger partial charge in [-0.25, -0.2) is 0 Å². The molecule has 1 heterocycles. The monoisotopic (exact) mass is 230 g/mol. The lowest BCUT2D eigenvalue weighted by Crippen LogP contribution is -1.92. The summed E-state index contributed by atoms with van der Waals surface area (Å²) in [5, 5.41) is 0. The minimum Gasteiger partial charge on any atom is -0.423 e. The summed E-state index contributed by atoms with van der Waals surface area (Å²) in [7, 11) is 0. The van der Waals surface area contributed by atoms with Gasteiger partial charge in [-0.1, -0.05) is 19.1 Å². The average molecular weight is 230 g/mol. The zero-order valence-corrected chi connectivity index (χ0v) is 10.8. The maximum absolute atomic E-state index is 5.63. The second-order valence-electron chi connectivity index (χ2n) is 4.36. The van der Waals surface area contributed by atoms with E-state index in [0.29, 0.717) is 0 Å². The summed E-state index contributed by atoms with van der Waals surface area (Å²) in [6.45, 7) is 8.40. The first kappa shape index (κ1) is 11.7. The predicted molar refractivity (Wildman–Crippen MR) is 69.9 cm³/mol. The van der Waals surface area contributed by atoms with Gasteiger partial charge in [0, 0.05) is 5.56 Å². The van der Waals surface area contributed by atoms with E-state index in [9.17, 15) is 0 Å². The van der Waals surface area contributed by atoms with Crippen LogP contribution in [0.2, 0.25) is 0 Å². The maximum atomic E-state index is 5.63. The smallest absolute Gasteiger partial charge is 0.292 e. The van der Waals surface area contributed by atoms with Gasteiger partial charge < -0.3 is 10.2 Å². The van der Waals surface area contributed by atoms with Crippen molar-refractivity contribution in [3.8, 4) is 11.3 Å². The second-order valence-corrected chi connectivity index (χ2v) is 4.36. The van der Waals surface area contributed by atoms with Crippen LogP contribution < -0.4 is 5.73 Å². The van der Waals surface area contributed by atoms with Gasteiger partial charge in [0.15, 0.2) is 5.76 Å². The Bertz CT molecular complexity index is 556. The molecule has 0 spiro atoms. The Morgan fingerprint density at radius 2 is 1.88 bits per heavy atom. The van der Waals surface area contributed by atoms with E-state index in [1.165, 1.54) is 16.7 Å². The Morgan fingerprint density at radius 3 is 2.53 bits per heavy atom. The number of hydrogen-bond donors (Lipinski definition) is 1. The molecule has 3 nitrogen and oxygen atoms in total. The van der Waals surface area contributed by atoms with Crippen LogP contribution in [0.4, 0.5) is 6.01 Å². The van der Waals surface area contributed by atoms with Crippen molar-refractivity contribution in [1.82, 2.24) is 4.98 Å². The summed E-state index contributed by atoms with van der Waals surface area (Å²) >= 11 is 0. The second kappa shape index (κ2) is 4.24. The lowest BCUT2D eigenvalue weighted by Gasteiger charge is -2.09. The standard InChI is InChI=1S/C14H18N2O/c1-5-12-13(17-14(15)16-12)11-7-6-8(2)9(3)10(11)4/h6-7H,5H2,1-4H3,(H2,15,16). The third-order valence-electron chi connectivity index (χ3n) is 3.35. The van der Waals surface area contributed by atoms with E-state index in [-0.39, 0.29) is 6.01 Å². The predicted octanol–water partition coefficient (Wildman–Crippen LogP) is 3.41. The minimum absolute atomic E-state index is 0.245. The Balaban J connectivity index is 2.64. The van der Waals surface area contributed by atoms with Gasteiger partial charge in [-0.3, -0.25) is 0 Å². The van der Waals surface area contributed by atoms with E-state index in [4.69, 9.17) is 10.2 Å². The van der Waals surface area contributed by atoms with E-state index < -0.39 is 0 Å². The number of aromatic nitrogens is 1. The quantitative estimate of drug-likeness (QED) is 0.860. The Hall–Kier alpha value is -1.77. The minimum atomic E-state index is 0.245. The van der Waals surface area contributed by atoms with Gasteiger partial charge >= 0.3 is 0 Å². The fourth-order valence-electron chi connectivity index (χ4n) is 2.02. The molecule has 2 N–H and O–H groups in total. The lowest BCUT2D eigenvalue weighted by molar-refractivity contribution is 0.593. The number of nitrogens with zero attached hydrogens (tertiary/aromatic N) is 1. The lowest BCUT2D eigenvalue weighted by atomic mass is 9.96. The number of nitrogen functional groups attached to an aromatic ring is 1. The number of rotatable bonds is 2. The van der Waals surface area contributed by atoms with Crippen molar-refractivity contribution in [1.29, 1.82) is 0 Å². The third kappa shape index (κ3) is 1.93. The van der Waals surface area contributed by atoms with Gasteiger partial charge in [0.05, 0.1) is 5.69 Å². The highest BCUT2D eigenvalue weighted by molar-refractivity contribution is 5.67. The molecule has 0 aliphatic rings. The molecular formula is C14H18N2O. The summed E-state index contributed by atoms with van der Waals surface area (Å²) in [6, 6.07) is 4.43. The first-order valence-electron chi connectivity index (χ1n) is 5.87. The first-order chi connectivity index (χ1) is 8.04. The SMILES string of the molecule is CCc1nc(N)oc1-c1ccc(C)c(C)c1C. The normalized spacial score (nSPS) is 10.8. The Labute approximate surface area is 102 Å². The van der Waals surface area contributed by atoms with Crippen molar-refractivity contribution in [2.75, 3.05) is 5.73 Å². The van der Waals surface area contributed by atoms with Crippen molar-refractivity contribution in [3.63, 3.8) is 0 Å². The number of anilines is 1. The molecule has 1 aromatic heterocycles. The Morgan fingerprint density at radius 1 is 1.18 bits per heavy atom. The van der Waals surface area contributed by atoms with E-state index in [1.807, 2.05) is 0 Å². The largest absolute Gasteiger partial charge is 0.423 e. The van der Waals surface area contributed by atoms with Gasteiger partial charge in [-0.2, -0.15) is 4.98 Å². The van der Waals surface area contributed by atoms with Gasteiger partial charge in [0.2, 0.25) is 0 Å². The van der Waals surface area contributed by atoms with Crippen molar-refractivity contribution < 1.29 is 4.42 Å². The van der Waals surface area contributed by atoms with Crippen molar-refractivity contribution >= 4 is 6.01 Å². The van der Waals surface area contributed by atoms with Gasteiger partial charge in [-0.15, -0.1) is 0 Å². The molecule has 0 saturated carbocycles. The molecule has 0 saturated heterocycles. The molecule has 0 bridgehead atoms. The molecular weight excluding hydrogens is 212 g/mol. The van der Waals surface area contributed by atoms with E-state index in [2.05, 4.69) is 44.8 Å². The molecule has 90 valence electrons. The zero-order chi connectivity index (χ0) is 12.6. The van der Waals surface area contributed by atoms with Crippen molar-refractivity contribution in [2.45, 2.75) is 34.1 Å². The van der Waals surface area contributed by atoms with Crippen LogP contribution in [-0.4, -0.2) is 4.98 Å². The van der Waals surface area contributed by atoms with Crippen molar-refractivity contribution in [3.05, 3.63) is 34.5 Å². The van der Waals surface area contributed by atoms with Crippen LogP contribution in [0.25, 0.3) is 11.3 Å². The molecule has 17 heavy (non-hydrogen) atoms. The Kier molecular flexibility index (Phi) is 2.92. The molecule has 3 heteroatoms. The molecule has 0 unspecified atom stereocenters. The molecule has 0 amide bonds. The van der Waals surface area contributed by atoms with Gasteiger partial charge in [0.1, 0.15) is 0 Å². The molecule has 0 aliphatic heterocycles. The third-order valence-corrected chi connectivity index (χ3v) is 3.35. The highest BCUT2D eigenvalue weighted by atomic mass is 16.4. The topological polar surface area (TPSA) is 52.0 Å². The molecule has 0 aliphatic carbocycles. The van der Waals surface area contributed by atoms with Crippen LogP contribution >= 0.6 is 0 Å². The van der Waals surface area contributed by atoms with E-state index in [1.54, 1.807) is 0 Å². The van der Waals surface area contributed by atoms with Gasteiger partial charge in [0.25, 0.3) is 6.01 Å². The zero-order valence-electron chi connectivity index (χ0n) is 10.8. The summed E-state index contributed by atoms with van der Waals surface area (Å²) in [5.74, 6) is 0.811. The number of benzene rings is 1. The summed E-state index contributed by atoms with van der Waals surface area (Å²) in [4.78, 5) is 4.21. The van der Waals surface area contributed by atoms with Crippen LogP contribution in [-0.2, 0) is 6.42 Å². The van der Waals surface area contributed by atoms with E-state index >= 15 is 0 Å². The van der Waals surface area contributed by atoms with Crippen molar-refractivity contribution in [2.24, 2.45) is 0 Å². The van der Waals surface area contributed by atoms with Crippen LogP contribution in [0.15, 0.2) is 16.5 Å². The first-order valence-corrected chi connectivity index (χ1v) is 5.87. The number of oxazole rings is 1. The van der Waals surface area contributed by atoms with Crippen LogP contribution in [0, 0.1) is 20.8 Å². The molecule has 0 radical (unpaired) electrons. The summed E-state index contributed by atoms with van der Waals surface area (Å²) < 4.78 is 5.53. The highest BCUT2D eigenvalue weighted by Gasteiger charge is 2.15. The number of aryl methyl sites for hydroxylation is 2. The fourth-order valence-corrected chi connectivity index (χ4v) is 2.02. The van der Waals surface area contributed by atoms with Gasteiger partial charge in [-0.05, 0) is 43.9 Å². The van der Waals surface area contributed by atoms with Crippen LogP contribution in [0.5, 0.6) is 0 Å². The molecule has 2 aromatic rings. The molecule has 1 aromatic carbocycles. The van der Waals surface area contributed by atoms with Crippen LogP contribution in [0.3, 0.4) is 0 Å². The number of nitrogens with two attached hydrogens (primary N) is 1. The average Bonchev–Trinajstić information content (AvgIpc) is 2.67. The highest BCUT2D eigenvalue weighted by Crippen LogP contribution is 2.31. The maximum Gasteiger partial charge on any atom is 0.292 e. The summed E-state index contributed by atoms with van der Waals surface area (Å²) in [5.41, 5.74) is 11.5. The summed E-state index contributed by atoms with van der Waals surface area (Å²) in [6.07, 6.45) is 0.822. The van der Waals surface area contributed by atoms with Crippen LogP contribution in [0.1, 0.15) is 29.3 Å². The molecule has 0 atom stereocenters. The number of hydrogen-bond acceptors (Lipinski definition) is 3.